The zero-order valence-electron chi connectivity index (χ0n) is 11.5. The van der Waals surface area contributed by atoms with Crippen molar-refractivity contribution in [3.8, 4) is 6.07 Å². The second-order valence-electron chi connectivity index (χ2n) is 4.57. The molecular formula is C14H20N4O. The third-order valence-electron chi connectivity index (χ3n) is 2.92. The average Bonchev–Trinajstić information content (AvgIpc) is 2.43. The molecule has 0 aromatic carbocycles. The molecule has 0 radical (unpaired) electrons. The molecular weight excluding hydrogens is 240 g/mol. The van der Waals surface area contributed by atoms with Crippen molar-refractivity contribution in [2.75, 3.05) is 33.7 Å². The molecule has 0 aliphatic rings. The maximum absolute atomic E-state index is 11.8. The summed E-state index contributed by atoms with van der Waals surface area (Å²) in [7, 11) is 3.66. The quantitative estimate of drug-likeness (QED) is 0.731. The molecule has 1 amide bonds. The summed E-state index contributed by atoms with van der Waals surface area (Å²) < 4.78 is 0. The van der Waals surface area contributed by atoms with Crippen molar-refractivity contribution in [1.82, 2.24) is 14.8 Å². The van der Waals surface area contributed by atoms with Gasteiger partial charge in [-0.3, -0.25) is 14.7 Å². The van der Waals surface area contributed by atoms with Crippen LogP contribution in [0.15, 0.2) is 24.5 Å². The Balaban J connectivity index is 2.29. The Morgan fingerprint density at radius 1 is 1.32 bits per heavy atom. The fourth-order valence-corrected chi connectivity index (χ4v) is 1.64. The molecule has 0 saturated heterocycles. The van der Waals surface area contributed by atoms with Crippen LogP contribution in [0.5, 0.6) is 0 Å². The zero-order valence-corrected chi connectivity index (χ0v) is 11.5. The van der Waals surface area contributed by atoms with Gasteiger partial charge in [0, 0.05) is 32.5 Å². The summed E-state index contributed by atoms with van der Waals surface area (Å²) in [4.78, 5) is 19.4. The van der Waals surface area contributed by atoms with Crippen LogP contribution in [-0.2, 0) is 11.2 Å². The number of aromatic nitrogens is 1. The fraction of sp³-hybridized carbons (Fsp3) is 0.500. The molecule has 1 rings (SSSR count). The van der Waals surface area contributed by atoms with Crippen molar-refractivity contribution in [3.63, 3.8) is 0 Å². The molecule has 0 atom stereocenters. The number of carbonyl (C=O) groups is 1. The second kappa shape index (κ2) is 8.22. The largest absolute Gasteiger partial charge is 0.344 e. The van der Waals surface area contributed by atoms with E-state index in [4.69, 9.17) is 5.26 Å². The Morgan fingerprint density at radius 2 is 2.00 bits per heavy atom. The minimum atomic E-state index is 0.0486. The van der Waals surface area contributed by atoms with Crippen molar-refractivity contribution in [1.29, 1.82) is 5.26 Å². The molecule has 5 heteroatoms. The third kappa shape index (κ3) is 5.98. The number of nitrogens with zero attached hydrogens (tertiary/aromatic N) is 4. The Labute approximate surface area is 114 Å². The van der Waals surface area contributed by atoms with E-state index >= 15 is 0 Å². The lowest BCUT2D eigenvalue weighted by atomic mass is 10.2. The van der Waals surface area contributed by atoms with Gasteiger partial charge >= 0.3 is 0 Å². The molecule has 1 aromatic rings. The summed E-state index contributed by atoms with van der Waals surface area (Å²) in [6.45, 7) is 1.70. The van der Waals surface area contributed by atoms with Gasteiger partial charge in [-0.05, 0) is 31.2 Å². The number of pyridine rings is 1. The Morgan fingerprint density at radius 3 is 2.63 bits per heavy atom. The predicted octanol–water partition coefficient (Wildman–Crippen LogP) is 0.928. The van der Waals surface area contributed by atoms with Gasteiger partial charge in [-0.2, -0.15) is 5.26 Å². The lowest BCUT2D eigenvalue weighted by Crippen LogP contribution is -2.37. The van der Waals surface area contributed by atoms with E-state index in [2.05, 4.69) is 4.98 Å². The monoisotopic (exact) mass is 260 g/mol. The first-order valence-corrected chi connectivity index (χ1v) is 6.32. The second-order valence-corrected chi connectivity index (χ2v) is 4.57. The van der Waals surface area contributed by atoms with E-state index in [-0.39, 0.29) is 5.91 Å². The van der Waals surface area contributed by atoms with Crippen molar-refractivity contribution in [2.24, 2.45) is 0 Å². The van der Waals surface area contributed by atoms with E-state index in [1.165, 1.54) is 5.56 Å². The van der Waals surface area contributed by atoms with Gasteiger partial charge in [0.1, 0.15) is 0 Å². The van der Waals surface area contributed by atoms with Crippen LogP contribution < -0.4 is 0 Å². The van der Waals surface area contributed by atoms with Crippen LogP contribution in [0, 0.1) is 11.3 Å². The number of carbonyl (C=O) groups excluding carboxylic acids is 1. The van der Waals surface area contributed by atoms with Gasteiger partial charge in [0.25, 0.3) is 0 Å². The molecule has 0 fully saturated rings. The number of likely N-dealkylation sites (N-methyl/N-ethyl adjacent to an activating group) is 2. The van der Waals surface area contributed by atoms with Gasteiger partial charge in [0.15, 0.2) is 0 Å². The Hall–Kier alpha value is -1.93. The lowest BCUT2D eigenvalue weighted by Gasteiger charge is -2.21. The topological polar surface area (TPSA) is 60.2 Å². The first-order valence-electron chi connectivity index (χ1n) is 6.32. The van der Waals surface area contributed by atoms with Crippen LogP contribution in [0.1, 0.15) is 12.0 Å². The highest BCUT2D eigenvalue weighted by atomic mass is 16.2. The van der Waals surface area contributed by atoms with Gasteiger partial charge < -0.3 is 4.90 Å². The van der Waals surface area contributed by atoms with Crippen molar-refractivity contribution in [3.05, 3.63) is 30.1 Å². The normalized spacial score (nSPS) is 10.2. The summed E-state index contributed by atoms with van der Waals surface area (Å²) in [6, 6.07) is 6.00. The molecule has 0 unspecified atom stereocenters. The van der Waals surface area contributed by atoms with Crippen molar-refractivity contribution >= 4 is 5.91 Å². The van der Waals surface area contributed by atoms with Gasteiger partial charge in [0.05, 0.1) is 19.0 Å². The summed E-state index contributed by atoms with van der Waals surface area (Å²) in [5, 5.41) is 8.49. The minimum absolute atomic E-state index is 0.0486. The van der Waals surface area contributed by atoms with Crippen LogP contribution in [-0.4, -0.2) is 54.4 Å². The average molecular weight is 260 g/mol. The third-order valence-corrected chi connectivity index (χ3v) is 2.92. The van der Waals surface area contributed by atoms with Crippen LogP contribution in [0.3, 0.4) is 0 Å². The summed E-state index contributed by atoms with van der Waals surface area (Å²) >= 11 is 0. The van der Waals surface area contributed by atoms with Gasteiger partial charge in [-0.1, -0.05) is 0 Å². The molecule has 5 nitrogen and oxygen atoms in total. The van der Waals surface area contributed by atoms with Gasteiger partial charge in [0.2, 0.25) is 5.91 Å². The number of rotatable bonds is 7. The maximum atomic E-state index is 11.8. The van der Waals surface area contributed by atoms with Crippen LogP contribution in [0.2, 0.25) is 0 Å². The van der Waals surface area contributed by atoms with Crippen LogP contribution in [0.4, 0.5) is 0 Å². The molecule has 0 bridgehead atoms. The van der Waals surface area contributed by atoms with E-state index in [1.807, 2.05) is 30.1 Å². The molecule has 0 saturated carbocycles. The first kappa shape index (κ1) is 15.1. The molecule has 1 aromatic heterocycles. The zero-order chi connectivity index (χ0) is 14.1. The first-order chi connectivity index (χ1) is 9.13. The molecule has 0 N–H and O–H groups in total. The SMILES string of the molecule is CN(CCc1ccncc1)CC(=O)N(C)CCC#N. The van der Waals surface area contributed by atoms with Gasteiger partial charge in [-0.25, -0.2) is 0 Å². The summed E-state index contributed by atoms with van der Waals surface area (Å²) in [5.41, 5.74) is 1.21. The highest BCUT2D eigenvalue weighted by molar-refractivity contribution is 5.77. The van der Waals surface area contributed by atoms with Crippen LogP contribution >= 0.6 is 0 Å². The smallest absolute Gasteiger partial charge is 0.236 e. The van der Waals surface area contributed by atoms with E-state index in [0.29, 0.717) is 19.5 Å². The Kier molecular flexibility index (Phi) is 6.55. The number of hydrogen-bond donors (Lipinski definition) is 0. The van der Waals surface area contributed by atoms with E-state index in [1.54, 1.807) is 24.3 Å². The standard InChI is InChI=1S/C14H20N4O/c1-17(11-6-13-4-8-16-9-5-13)12-14(19)18(2)10-3-7-15/h4-5,8-9H,3,6,10-12H2,1-2H3. The molecule has 0 aliphatic carbocycles. The van der Waals surface area contributed by atoms with E-state index < -0.39 is 0 Å². The molecule has 102 valence electrons. The molecule has 1 heterocycles. The molecule has 0 aliphatic heterocycles. The highest BCUT2D eigenvalue weighted by Crippen LogP contribution is 1.99. The number of amides is 1. The van der Waals surface area contributed by atoms with Crippen LogP contribution in [0.25, 0.3) is 0 Å². The van der Waals surface area contributed by atoms with Crippen molar-refractivity contribution in [2.45, 2.75) is 12.8 Å². The van der Waals surface area contributed by atoms with Crippen molar-refractivity contribution < 1.29 is 4.79 Å². The molecule has 0 spiro atoms. The lowest BCUT2D eigenvalue weighted by molar-refractivity contribution is -0.130. The number of nitriles is 1. The predicted molar refractivity (Wildman–Crippen MR) is 73.3 cm³/mol. The van der Waals surface area contributed by atoms with E-state index in [0.717, 1.165) is 13.0 Å². The maximum Gasteiger partial charge on any atom is 0.236 e. The van der Waals surface area contributed by atoms with E-state index in [9.17, 15) is 4.79 Å². The highest BCUT2D eigenvalue weighted by Gasteiger charge is 2.11. The molecule has 19 heavy (non-hydrogen) atoms. The van der Waals surface area contributed by atoms with Gasteiger partial charge in [-0.15, -0.1) is 0 Å². The summed E-state index contributed by atoms with van der Waals surface area (Å²) in [6.07, 6.45) is 4.82. The minimum Gasteiger partial charge on any atom is -0.344 e. The number of hydrogen-bond acceptors (Lipinski definition) is 4. The summed E-state index contributed by atoms with van der Waals surface area (Å²) in [5.74, 6) is 0.0486. The fourth-order valence-electron chi connectivity index (χ4n) is 1.64. The Bertz CT molecular complexity index is 427.